The van der Waals surface area contributed by atoms with Crippen LogP contribution in [0.15, 0.2) is 127 Å². The topological polar surface area (TPSA) is 3.24 Å². The lowest BCUT2D eigenvalue weighted by molar-refractivity contribution is 0.295. The fraction of sp³-hybridized carbons (Fsp3) is 0.250. The predicted octanol–water partition coefficient (Wildman–Crippen LogP) is 13.0. The summed E-state index contributed by atoms with van der Waals surface area (Å²) in [4.78, 5) is 2.46. The second-order valence-corrected chi connectivity index (χ2v) is 16.6. The zero-order valence-corrected chi connectivity index (χ0v) is 30.1. The minimum atomic E-state index is -0.171. The normalized spacial score (nSPS) is 17.6. The molecule has 0 atom stereocenters. The molecule has 0 saturated carbocycles. The van der Waals surface area contributed by atoms with Gasteiger partial charge >= 0.3 is 0 Å². The van der Waals surface area contributed by atoms with E-state index in [0.29, 0.717) is 0 Å². The Morgan fingerprint density at radius 3 is 1.41 bits per heavy atom. The van der Waals surface area contributed by atoms with E-state index >= 15 is 0 Å². The molecular weight excluding hydrogens is 591 g/mol. The van der Waals surface area contributed by atoms with Crippen molar-refractivity contribution in [2.45, 2.75) is 77.0 Å². The number of nitrogens with zero attached hydrogens (tertiary/aromatic N) is 1. The lowest BCUT2D eigenvalue weighted by Crippen LogP contribution is -2.45. The Morgan fingerprint density at radius 1 is 0.327 bits per heavy atom. The summed E-state index contributed by atoms with van der Waals surface area (Å²) in [5, 5.41) is 0. The number of para-hydroxylation sites is 1. The van der Waals surface area contributed by atoms with Crippen LogP contribution >= 0.6 is 0 Å². The molecule has 3 aliphatic carbocycles. The van der Waals surface area contributed by atoms with Crippen molar-refractivity contribution >= 4 is 17.1 Å². The molecule has 0 N–H and O–H groups in total. The Morgan fingerprint density at radius 2 is 0.776 bits per heavy atom. The highest BCUT2D eigenvalue weighted by Gasteiger charge is 2.50. The summed E-state index contributed by atoms with van der Waals surface area (Å²) >= 11 is 0. The molecule has 6 aromatic carbocycles. The Balaban J connectivity index is 1.23. The van der Waals surface area contributed by atoms with Crippen molar-refractivity contribution in [1.29, 1.82) is 0 Å². The van der Waals surface area contributed by atoms with Gasteiger partial charge in [0.1, 0.15) is 0 Å². The zero-order valence-electron chi connectivity index (χ0n) is 30.1. The van der Waals surface area contributed by atoms with Gasteiger partial charge in [-0.15, -0.1) is 0 Å². The summed E-state index contributed by atoms with van der Waals surface area (Å²) in [7, 11) is 0. The highest BCUT2D eigenvalue weighted by molar-refractivity contribution is 5.92. The van der Waals surface area contributed by atoms with Crippen molar-refractivity contribution in [3.05, 3.63) is 161 Å². The SMILES string of the molecule is CC1(C)c2ccccc2-c2ccc(N(c3ccccc3)c3ccc4c(c3)C(C)(C)c3c-4ccc4c3C(C)(C)C(C)(C)c3ccccc3-4)cc21. The lowest BCUT2D eigenvalue weighted by Gasteiger charge is -2.50. The second-order valence-electron chi connectivity index (χ2n) is 16.6. The molecule has 0 aliphatic heterocycles. The second kappa shape index (κ2) is 9.85. The largest absolute Gasteiger partial charge is 0.310 e. The lowest BCUT2D eigenvalue weighted by atomic mass is 9.53. The van der Waals surface area contributed by atoms with E-state index in [1.807, 2.05) is 0 Å². The summed E-state index contributed by atoms with van der Waals surface area (Å²) in [5.74, 6) is 0. The van der Waals surface area contributed by atoms with Gasteiger partial charge in [0.15, 0.2) is 0 Å². The van der Waals surface area contributed by atoms with Crippen LogP contribution in [-0.2, 0) is 21.7 Å². The van der Waals surface area contributed by atoms with E-state index in [0.717, 1.165) is 0 Å². The smallest absolute Gasteiger partial charge is 0.0465 e. The van der Waals surface area contributed by atoms with Gasteiger partial charge in [-0.05, 0) is 114 Å². The average molecular weight is 636 g/mol. The summed E-state index contributed by atoms with van der Waals surface area (Å²) in [5.41, 5.74) is 20.1. The first kappa shape index (κ1) is 30.2. The van der Waals surface area contributed by atoms with E-state index in [2.05, 4.69) is 188 Å². The van der Waals surface area contributed by atoms with Gasteiger partial charge in [0.2, 0.25) is 0 Å². The summed E-state index contributed by atoms with van der Waals surface area (Å²) in [6.07, 6.45) is 0. The van der Waals surface area contributed by atoms with Gasteiger partial charge < -0.3 is 4.90 Å². The van der Waals surface area contributed by atoms with E-state index in [1.54, 1.807) is 0 Å². The summed E-state index contributed by atoms with van der Waals surface area (Å²) < 4.78 is 0. The Hall–Kier alpha value is -4.88. The highest BCUT2D eigenvalue weighted by atomic mass is 15.1. The molecule has 0 aromatic heterocycles. The predicted molar refractivity (Wildman–Crippen MR) is 208 cm³/mol. The van der Waals surface area contributed by atoms with E-state index in [4.69, 9.17) is 0 Å². The minimum Gasteiger partial charge on any atom is -0.310 e. The highest BCUT2D eigenvalue weighted by Crippen LogP contribution is 2.61. The first-order chi connectivity index (χ1) is 23.3. The molecule has 1 heteroatoms. The molecule has 0 radical (unpaired) electrons. The van der Waals surface area contributed by atoms with E-state index in [1.165, 1.54) is 83.8 Å². The molecule has 0 unspecified atom stereocenters. The molecule has 0 saturated heterocycles. The van der Waals surface area contributed by atoms with E-state index in [9.17, 15) is 0 Å². The molecule has 6 aromatic rings. The van der Waals surface area contributed by atoms with Crippen LogP contribution in [-0.4, -0.2) is 0 Å². The van der Waals surface area contributed by atoms with Crippen molar-refractivity contribution in [2.24, 2.45) is 0 Å². The van der Waals surface area contributed by atoms with Crippen LogP contribution in [0.1, 0.15) is 88.8 Å². The molecule has 0 spiro atoms. The standard InChI is InChI=1S/C48H45N/c1-45(2)39-20-14-12-18-33(39)35-24-22-31(28-41(35)45)49(30-16-10-9-11-17-30)32-23-25-36-37-26-27-38-34-19-13-15-21-40(34)47(5,6)48(7,8)44(38)43(37)46(3,4)42(36)29-32/h9-29H,1-8H3. The maximum absolute atomic E-state index is 2.48. The first-order valence-electron chi connectivity index (χ1n) is 17.9. The maximum Gasteiger partial charge on any atom is 0.0465 e. The Kier molecular flexibility index (Phi) is 6.07. The maximum atomic E-state index is 2.48. The first-order valence-corrected chi connectivity index (χ1v) is 17.9. The van der Waals surface area contributed by atoms with Gasteiger partial charge in [0.25, 0.3) is 0 Å². The number of hydrogen-bond donors (Lipinski definition) is 0. The van der Waals surface area contributed by atoms with Crippen LogP contribution in [0.2, 0.25) is 0 Å². The fourth-order valence-corrected chi connectivity index (χ4v) is 9.68. The number of rotatable bonds is 3. The minimum absolute atomic E-state index is 0.0210. The monoisotopic (exact) mass is 635 g/mol. The van der Waals surface area contributed by atoms with Crippen LogP contribution in [0.4, 0.5) is 17.1 Å². The van der Waals surface area contributed by atoms with E-state index < -0.39 is 0 Å². The number of hydrogen-bond acceptors (Lipinski definition) is 1. The molecule has 1 nitrogen and oxygen atoms in total. The van der Waals surface area contributed by atoms with Gasteiger partial charge in [-0.3, -0.25) is 0 Å². The van der Waals surface area contributed by atoms with Crippen LogP contribution in [0.25, 0.3) is 33.4 Å². The number of anilines is 3. The van der Waals surface area contributed by atoms with E-state index in [-0.39, 0.29) is 21.7 Å². The van der Waals surface area contributed by atoms with Crippen LogP contribution in [0.3, 0.4) is 0 Å². The Bertz CT molecular complexity index is 2330. The van der Waals surface area contributed by atoms with Gasteiger partial charge in [0.05, 0.1) is 0 Å². The average Bonchev–Trinajstić information content (AvgIpc) is 3.47. The van der Waals surface area contributed by atoms with Crippen LogP contribution < -0.4 is 4.90 Å². The van der Waals surface area contributed by atoms with Gasteiger partial charge in [-0.1, -0.05) is 146 Å². The molecule has 0 fully saturated rings. The van der Waals surface area contributed by atoms with Gasteiger partial charge in [0, 0.05) is 27.9 Å². The van der Waals surface area contributed by atoms with Crippen molar-refractivity contribution in [2.75, 3.05) is 4.90 Å². The zero-order chi connectivity index (χ0) is 34.1. The third kappa shape index (κ3) is 3.88. The molecule has 0 amide bonds. The molecule has 3 aliphatic rings. The van der Waals surface area contributed by atoms with Gasteiger partial charge in [-0.2, -0.15) is 0 Å². The summed E-state index contributed by atoms with van der Waals surface area (Å²) in [6, 6.07) is 48.0. The molecule has 9 rings (SSSR count). The third-order valence-corrected chi connectivity index (χ3v) is 13.0. The van der Waals surface area contributed by atoms with Crippen molar-refractivity contribution < 1.29 is 0 Å². The molecule has 0 heterocycles. The van der Waals surface area contributed by atoms with Crippen molar-refractivity contribution in [3.63, 3.8) is 0 Å². The fourth-order valence-electron chi connectivity index (χ4n) is 9.68. The quantitative estimate of drug-likeness (QED) is 0.187. The summed E-state index contributed by atoms with van der Waals surface area (Å²) in [6.45, 7) is 19.5. The molecule has 49 heavy (non-hydrogen) atoms. The molecule has 242 valence electrons. The molecule has 0 bridgehead atoms. The molecular formula is C48H45N. The third-order valence-electron chi connectivity index (χ3n) is 13.0. The van der Waals surface area contributed by atoms with Crippen molar-refractivity contribution in [3.8, 4) is 33.4 Å². The van der Waals surface area contributed by atoms with Crippen LogP contribution in [0.5, 0.6) is 0 Å². The van der Waals surface area contributed by atoms with Gasteiger partial charge in [-0.25, -0.2) is 0 Å². The van der Waals surface area contributed by atoms with Crippen LogP contribution in [0, 0.1) is 0 Å². The number of fused-ring (bicyclic) bond motifs is 10. The number of benzene rings is 6. The Labute approximate surface area is 292 Å². The van der Waals surface area contributed by atoms with Crippen molar-refractivity contribution in [1.82, 2.24) is 0 Å².